The molecule has 1 heterocycles. The van der Waals surface area contributed by atoms with Gasteiger partial charge in [0.25, 0.3) is 5.91 Å². The van der Waals surface area contributed by atoms with Crippen molar-refractivity contribution in [2.75, 3.05) is 19.0 Å². The summed E-state index contributed by atoms with van der Waals surface area (Å²) in [7, 11) is 4.03. The van der Waals surface area contributed by atoms with Gasteiger partial charge in [-0.1, -0.05) is 0 Å². The zero-order chi connectivity index (χ0) is 13.3. The first-order valence-corrected chi connectivity index (χ1v) is 6.09. The average molecular weight is 246 g/mol. The minimum atomic E-state index is -0.169. The largest absolute Gasteiger partial charge is 0.378 e. The maximum absolute atomic E-state index is 11.4. The summed E-state index contributed by atoms with van der Waals surface area (Å²) in [6, 6.07) is 8.24. The fourth-order valence-electron chi connectivity index (χ4n) is 2.02. The second kappa shape index (κ2) is 4.44. The Kier molecular flexibility index (Phi) is 3.11. The number of rotatable bonds is 2. The molecule has 2 rings (SSSR count). The van der Waals surface area contributed by atoms with Crippen LogP contribution in [0.1, 0.15) is 25.8 Å². The van der Waals surface area contributed by atoms with Crippen LogP contribution in [0.2, 0.25) is 0 Å². The second-order valence-corrected chi connectivity index (χ2v) is 5.51. The number of carbonyl (C=O) groups excluding carboxylic acids is 1. The number of nitrogens with one attached hydrogen (secondary N) is 1. The van der Waals surface area contributed by atoms with Gasteiger partial charge in [0.15, 0.2) is 5.54 Å². The highest BCUT2D eigenvalue weighted by Gasteiger charge is 2.42. The molecule has 96 valence electrons. The van der Waals surface area contributed by atoms with Gasteiger partial charge in [-0.25, -0.2) is 0 Å². The van der Waals surface area contributed by atoms with Crippen molar-refractivity contribution in [2.45, 2.75) is 25.8 Å². The Bertz CT molecular complexity index is 486. The Morgan fingerprint density at radius 2 is 1.89 bits per heavy atom. The number of amides is 1. The fraction of sp³-hybridized carbons (Fsp3) is 0.429. The summed E-state index contributed by atoms with van der Waals surface area (Å²) in [6.45, 7) is 4.10. The molecule has 4 nitrogen and oxygen atoms in total. The maximum Gasteiger partial charge on any atom is 0.281 e. The first-order valence-electron chi connectivity index (χ1n) is 6.09. The molecule has 0 radical (unpaired) electrons. The lowest BCUT2D eigenvalue weighted by Gasteiger charge is -2.12. The van der Waals surface area contributed by atoms with E-state index in [0.29, 0.717) is 6.42 Å². The predicted octanol–water partition coefficient (Wildman–Crippen LogP) is 1.40. The van der Waals surface area contributed by atoms with E-state index in [1.54, 1.807) is 0 Å². The third-order valence-corrected chi connectivity index (χ3v) is 3.18. The molecular weight excluding hydrogens is 226 g/mol. The lowest BCUT2D eigenvalue weighted by molar-refractivity contribution is -0.620. The van der Waals surface area contributed by atoms with Gasteiger partial charge in [-0.05, 0) is 24.3 Å². The van der Waals surface area contributed by atoms with Crippen molar-refractivity contribution in [3.05, 3.63) is 29.8 Å². The molecule has 1 fully saturated rings. The van der Waals surface area contributed by atoms with E-state index in [2.05, 4.69) is 48.4 Å². The monoisotopic (exact) mass is 246 g/mol. The number of hydrogen-bond donors (Lipinski definition) is 1. The van der Waals surface area contributed by atoms with Gasteiger partial charge in [-0.2, -0.15) is 0 Å². The third-order valence-electron chi connectivity index (χ3n) is 3.18. The van der Waals surface area contributed by atoms with E-state index >= 15 is 0 Å². The van der Waals surface area contributed by atoms with Gasteiger partial charge < -0.3 is 4.90 Å². The number of hydrogen-bond acceptors (Lipinski definition) is 2. The molecule has 1 saturated heterocycles. The van der Waals surface area contributed by atoms with Crippen LogP contribution in [0.3, 0.4) is 0 Å². The molecule has 1 aliphatic heterocycles. The second-order valence-electron chi connectivity index (χ2n) is 5.51. The van der Waals surface area contributed by atoms with Crippen LogP contribution in [0, 0.1) is 0 Å². The molecule has 18 heavy (non-hydrogen) atoms. The summed E-state index contributed by atoms with van der Waals surface area (Å²) in [5.41, 5.74) is 4.93. The zero-order valence-electron chi connectivity index (χ0n) is 11.4. The molecule has 1 aromatic rings. The molecule has 0 aromatic heterocycles. The highest BCUT2D eigenvalue weighted by Crippen LogP contribution is 2.18. The van der Waals surface area contributed by atoms with Gasteiger partial charge in [0.05, 0.1) is 6.42 Å². The smallest absolute Gasteiger partial charge is 0.281 e. The number of hydrazine groups is 1. The van der Waals surface area contributed by atoms with Crippen LogP contribution in [-0.2, 0) is 4.79 Å². The highest BCUT2D eigenvalue weighted by atomic mass is 16.2. The Labute approximate surface area is 108 Å². The average Bonchev–Trinajstić information content (AvgIpc) is 2.52. The van der Waals surface area contributed by atoms with E-state index in [4.69, 9.17) is 0 Å². The van der Waals surface area contributed by atoms with E-state index in [1.807, 2.05) is 25.0 Å². The quantitative estimate of drug-likeness (QED) is 0.801. The minimum Gasteiger partial charge on any atom is -0.378 e. The maximum atomic E-state index is 11.4. The number of nitrogens with zero attached hydrogens (tertiary/aromatic N) is 2. The lowest BCUT2D eigenvalue weighted by Crippen LogP contribution is -2.36. The molecule has 1 aliphatic rings. The molecule has 1 N–H and O–H groups in total. The summed E-state index contributed by atoms with van der Waals surface area (Å²) in [6.07, 6.45) is 2.50. The van der Waals surface area contributed by atoms with Gasteiger partial charge in [-0.15, -0.1) is 10.1 Å². The Balaban J connectivity index is 2.25. The topological polar surface area (TPSA) is 35.4 Å². The van der Waals surface area contributed by atoms with Crippen molar-refractivity contribution >= 4 is 17.8 Å². The van der Waals surface area contributed by atoms with Crippen LogP contribution in [0.4, 0.5) is 5.69 Å². The molecule has 0 atom stereocenters. The third kappa shape index (κ3) is 2.53. The van der Waals surface area contributed by atoms with Crippen LogP contribution < -0.4 is 10.3 Å². The molecule has 0 saturated carbocycles. The number of carbonyl (C=O) groups is 1. The number of anilines is 1. The standard InChI is InChI=1S/C14H19N3O/c1-14(2)9-13(18)15-17(14)10-11-5-7-12(8-6-11)16(3)4/h5-8,10H,9H2,1-4H3/p+1. The van der Waals surface area contributed by atoms with Crippen LogP contribution in [0.25, 0.3) is 0 Å². The number of hydrazone groups is 1. The summed E-state index contributed by atoms with van der Waals surface area (Å²) in [5.74, 6) is 0.0705. The molecule has 1 aromatic carbocycles. The van der Waals surface area contributed by atoms with E-state index in [-0.39, 0.29) is 11.4 Å². The Hall–Kier alpha value is -1.84. The molecule has 1 amide bonds. The van der Waals surface area contributed by atoms with Crippen LogP contribution >= 0.6 is 0 Å². The first kappa shape index (κ1) is 12.6. The van der Waals surface area contributed by atoms with Gasteiger partial charge in [-0.3, -0.25) is 4.79 Å². The summed E-state index contributed by atoms with van der Waals surface area (Å²) in [4.78, 5) is 13.5. The van der Waals surface area contributed by atoms with Crippen molar-refractivity contribution < 1.29 is 9.48 Å². The number of benzene rings is 1. The van der Waals surface area contributed by atoms with E-state index in [0.717, 1.165) is 11.3 Å². The van der Waals surface area contributed by atoms with Crippen LogP contribution in [0.15, 0.2) is 24.3 Å². The van der Waals surface area contributed by atoms with E-state index in [9.17, 15) is 4.79 Å². The van der Waals surface area contributed by atoms with Crippen LogP contribution in [0.5, 0.6) is 0 Å². The van der Waals surface area contributed by atoms with Crippen molar-refractivity contribution in [3.63, 3.8) is 0 Å². The van der Waals surface area contributed by atoms with Crippen molar-refractivity contribution in [1.29, 1.82) is 0 Å². The van der Waals surface area contributed by atoms with Gasteiger partial charge >= 0.3 is 0 Å². The normalized spacial score (nSPS) is 20.0. The van der Waals surface area contributed by atoms with Crippen molar-refractivity contribution in [3.8, 4) is 0 Å². The SMILES string of the molecule is CN(C)c1ccc(/C=[N+]2\NC(=O)CC2(C)C)cc1. The molecule has 0 unspecified atom stereocenters. The molecule has 0 aliphatic carbocycles. The molecule has 0 bridgehead atoms. The van der Waals surface area contributed by atoms with Gasteiger partial charge in [0.1, 0.15) is 0 Å². The fourth-order valence-corrected chi connectivity index (χ4v) is 2.02. The summed E-state index contributed by atoms with van der Waals surface area (Å²) >= 11 is 0. The highest BCUT2D eigenvalue weighted by molar-refractivity contribution is 5.81. The molecule has 4 heteroatoms. The van der Waals surface area contributed by atoms with Crippen molar-refractivity contribution in [2.24, 2.45) is 0 Å². The minimum absolute atomic E-state index is 0.0705. The van der Waals surface area contributed by atoms with Gasteiger partial charge in [0.2, 0.25) is 6.21 Å². The van der Waals surface area contributed by atoms with Crippen molar-refractivity contribution in [1.82, 2.24) is 5.43 Å². The molecule has 0 spiro atoms. The Morgan fingerprint density at radius 3 is 2.33 bits per heavy atom. The van der Waals surface area contributed by atoms with Gasteiger partial charge in [0, 0.05) is 39.2 Å². The zero-order valence-corrected chi connectivity index (χ0v) is 11.4. The molecular formula is C14H20N3O+. The Morgan fingerprint density at radius 1 is 1.28 bits per heavy atom. The summed E-state index contributed by atoms with van der Waals surface area (Å²) in [5, 5.41) is 0. The lowest BCUT2D eigenvalue weighted by atomic mass is 10.0. The predicted molar refractivity (Wildman–Crippen MR) is 73.0 cm³/mol. The summed E-state index contributed by atoms with van der Waals surface area (Å²) < 4.78 is 1.89. The first-order chi connectivity index (χ1) is 8.38. The van der Waals surface area contributed by atoms with E-state index < -0.39 is 0 Å². The van der Waals surface area contributed by atoms with E-state index in [1.165, 1.54) is 0 Å². The van der Waals surface area contributed by atoms with Crippen LogP contribution in [-0.4, -0.2) is 36.4 Å².